The van der Waals surface area contributed by atoms with E-state index in [1.807, 2.05) is 24.3 Å². The van der Waals surface area contributed by atoms with Gasteiger partial charge in [0.15, 0.2) is 0 Å². The van der Waals surface area contributed by atoms with E-state index in [0.29, 0.717) is 5.02 Å². The van der Waals surface area contributed by atoms with Crippen molar-refractivity contribution in [3.63, 3.8) is 0 Å². The predicted molar refractivity (Wildman–Crippen MR) is 95.5 cm³/mol. The second kappa shape index (κ2) is 8.70. The zero-order valence-electron chi connectivity index (χ0n) is 12.7. The van der Waals surface area contributed by atoms with E-state index in [4.69, 9.17) is 22.1 Å². The molecule has 0 saturated heterocycles. The number of urea groups is 1. The smallest absolute Gasteiger partial charge is 0.312 e. The van der Waals surface area contributed by atoms with Crippen molar-refractivity contribution in [2.75, 3.05) is 0 Å². The molecule has 0 aliphatic carbocycles. The largest absolute Gasteiger partial charge is 0.461 e. The van der Waals surface area contributed by atoms with Gasteiger partial charge in [0, 0.05) is 9.50 Å². The molecule has 2 aromatic rings. The van der Waals surface area contributed by atoms with Crippen LogP contribution in [0.4, 0.5) is 4.79 Å². The summed E-state index contributed by atoms with van der Waals surface area (Å²) in [6.45, 7) is 0.163. The Labute approximate surface area is 153 Å². The molecule has 0 aromatic heterocycles. The van der Waals surface area contributed by atoms with E-state index in [2.05, 4.69) is 21.2 Å². The van der Waals surface area contributed by atoms with Crippen LogP contribution in [-0.4, -0.2) is 12.0 Å². The molecule has 0 aliphatic heterocycles. The van der Waals surface area contributed by atoms with Crippen molar-refractivity contribution < 1.29 is 14.3 Å². The number of rotatable bonds is 6. The van der Waals surface area contributed by atoms with Gasteiger partial charge in [-0.25, -0.2) is 4.79 Å². The van der Waals surface area contributed by atoms with Crippen molar-refractivity contribution in [3.8, 4) is 0 Å². The number of nitrogens with two attached hydrogens (primary N) is 1. The second-order valence-corrected chi connectivity index (χ2v) is 6.46. The van der Waals surface area contributed by atoms with Gasteiger partial charge in [-0.05, 0) is 35.4 Å². The number of nitrogens with one attached hydrogen (secondary N) is 1. The zero-order chi connectivity index (χ0) is 17.5. The normalized spacial score (nSPS) is 11.6. The van der Waals surface area contributed by atoms with E-state index in [1.54, 1.807) is 24.3 Å². The highest BCUT2D eigenvalue weighted by molar-refractivity contribution is 9.10. The number of amides is 2. The summed E-state index contributed by atoms with van der Waals surface area (Å²) in [6.07, 6.45) is -0.0267. The van der Waals surface area contributed by atoms with Gasteiger partial charge in [0.05, 0.1) is 12.5 Å². The Morgan fingerprint density at radius 2 is 1.75 bits per heavy atom. The van der Waals surface area contributed by atoms with Gasteiger partial charge in [0.25, 0.3) is 0 Å². The van der Waals surface area contributed by atoms with Crippen LogP contribution >= 0.6 is 27.5 Å². The van der Waals surface area contributed by atoms with Crippen LogP contribution in [0.1, 0.15) is 23.6 Å². The number of primary amides is 1. The number of hydrogen-bond acceptors (Lipinski definition) is 3. The summed E-state index contributed by atoms with van der Waals surface area (Å²) in [5, 5.41) is 3.11. The second-order valence-electron chi connectivity index (χ2n) is 5.10. The molecule has 0 bridgehead atoms. The Hall–Kier alpha value is -2.05. The standard InChI is InChI=1S/C17H16BrClN2O3/c18-13-5-1-11(2-6-13)10-24-16(22)9-15(21-17(20)23)12-3-7-14(19)8-4-12/h1-8,15H,9-10H2,(H3,20,21,23)/t15-/m0/s1. The van der Waals surface area contributed by atoms with Crippen molar-refractivity contribution in [2.24, 2.45) is 5.73 Å². The Balaban J connectivity index is 1.97. The minimum absolute atomic E-state index is 0.0267. The molecule has 5 nitrogen and oxygen atoms in total. The number of carbonyl (C=O) groups is 2. The van der Waals surface area contributed by atoms with Gasteiger partial charge in [-0.3, -0.25) is 4.79 Å². The van der Waals surface area contributed by atoms with Crippen LogP contribution in [0.5, 0.6) is 0 Å². The first-order valence-electron chi connectivity index (χ1n) is 7.15. The van der Waals surface area contributed by atoms with Gasteiger partial charge in [0.2, 0.25) is 0 Å². The molecule has 2 rings (SSSR count). The molecule has 2 aromatic carbocycles. The fraction of sp³-hybridized carbons (Fsp3) is 0.176. The molecule has 0 fully saturated rings. The monoisotopic (exact) mass is 410 g/mol. The average molecular weight is 412 g/mol. The van der Waals surface area contributed by atoms with Gasteiger partial charge in [-0.1, -0.05) is 51.8 Å². The van der Waals surface area contributed by atoms with E-state index >= 15 is 0 Å². The van der Waals surface area contributed by atoms with Crippen molar-refractivity contribution in [2.45, 2.75) is 19.1 Å². The van der Waals surface area contributed by atoms with E-state index in [0.717, 1.165) is 15.6 Å². The highest BCUT2D eigenvalue weighted by atomic mass is 79.9. The molecule has 0 radical (unpaired) electrons. The number of benzene rings is 2. The highest BCUT2D eigenvalue weighted by Crippen LogP contribution is 2.20. The third kappa shape index (κ3) is 5.86. The molecule has 1 atom stereocenters. The van der Waals surface area contributed by atoms with Gasteiger partial charge < -0.3 is 15.8 Å². The molecule has 0 saturated carbocycles. The molecular formula is C17H16BrClN2O3. The third-order valence-corrected chi connectivity index (χ3v) is 4.05. The van der Waals surface area contributed by atoms with Gasteiger partial charge in [-0.15, -0.1) is 0 Å². The van der Waals surface area contributed by atoms with Crippen molar-refractivity contribution in [1.29, 1.82) is 0 Å². The highest BCUT2D eigenvalue weighted by Gasteiger charge is 2.18. The van der Waals surface area contributed by atoms with Gasteiger partial charge in [0.1, 0.15) is 6.61 Å². The number of halogens is 2. The number of carbonyl (C=O) groups excluding carboxylic acids is 2. The minimum Gasteiger partial charge on any atom is -0.461 e. The number of hydrogen-bond donors (Lipinski definition) is 2. The summed E-state index contributed by atoms with van der Waals surface area (Å²) >= 11 is 9.19. The molecular weight excluding hydrogens is 396 g/mol. The maximum Gasteiger partial charge on any atom is 0.312 e. The SMILES string of the molecule is NC(=O)N[C@@H](CC(=O)OCc1ccc(Br)cc1)c1ccc(Cl)cc1. The molecule has 0 unspecified atom stereocenters. The first-order valence-corrected chi connectivity index (χ1v) is 8.32. The molecule has 2 amide bonds. The van der Waals surface area contributed by atoms with Gasteiger partial charge >= 0.3 is 12.0 Å². The lowest BCUT2D eigenvalue weighted by Gasteiger charge is -2.17. The average Bonchev–Trinajstić information content (AvgIpc) is 2.54. The minimum atomic E-state index is -0.712. The van der Waals surface area contributed by atoms with E-state index in [-0.39, 0.29) is 13.0 Å². The lowest BCUT2D eigenvalue weighted by molar-refractivity contribution is -0.145. The number of esters is 1. The van der Waals surface area contributed by atoms with Crippen molar-refractivity contribution in [1.82, 2.24) is 5.32 Å². The van der Waals surface area contributed by atoms with E-state index in [1.165, 1.54) is 0 Å². The molecule has 0 heterocycles. The predicted octanol–water partition coefficient (Wildman–Crippen LogP) is 3.95. The molecule has 7 heteroatoms. The Bertz CT molecular complexity index is 705. The van der Waals surface area contributed by atoms with Crippen LogP contribution in [0.3, 0.4) is 0 Å². The summed E-state index contributed by atoms with van der Waals surface area (Å²) < 4.78 is 6.20. The molecule has 0 spiro atoms. The first-order chi connectivity index (χ1) is 11.4. The Morgan fingerprint density at radius 1 is 1.12 bits per heavy atom. The maximum absolute atomic E-state index is 12.1. The van der Waals surface area contributed by atoms with Crippen LogP contribution in [0.2, 0.25) is 5.02 Å². The Morgan fingerprint density at radius 3 is 2.33 bits per heavy atom. The number of ether oxygens (including phenoxy) is 1. The molecule has 0 aliphatic rings. The lowest BCUT2D eigenvalue weighted by Crippen LogP contribution is -2.34. The third-order valence-electron chi connectivity index (χ3n) is 3.27. The summed E-state index contributed by atoms with van der Waals surface area (Å²) in [6, 6.07) is 13.0. The maximum atomic E-state index is 12.1. The zero-order valence-corrected chi connectivity index (χ0v) is 15.0. The van der Waals surface area contributed by atoms with Crippen LogP contribution in [0.15, 0.2) is 53.0 Å². The quantitative estimate of drug-likeness (QED) is 0.706. The van der Waals surface area contributed by atoms with Crippen molar-refractivity contribution in [3.05, 3.63) is 69.2 Å². The summed E-state index contributed by atoms with van der Waals surface area (Å²) in [4.78, 5) is 23.2. The van der Waals surface area contributed by atoms with Crippen LogP contribution < -0.4 is 11.1 Å². The van der Waals surface area contributed by atoms with Gasteiger partial charge in [-0.2, -0.15) is 0 Å². The van der Waals surface area contributed by atoms with Crippen LogP contribution in [-0.2, 0) is 16.1 Å². The lowest BCUT2D eigenvalue weighted by atomic mass is 10.0. The fourth-order valence-electron chi connectivity index (χ4n) is 2.09. The topological polar surface area (TPSA) is 81.4 Å². The molecule has 3 N–H and O–H groups in total. The van der Waals surface area contributed by atoms with Crippen LogP contribution in [0.25, 0.3) is 0 Å². The summed E-state index contributed by atoms with van der Waals surface area (Å²) in [5.41, 5.74) is 6.78. The fourth-order valence-corrected chi connectivity index (χ4v) is 2.48. The van der Waals surface area contributed by atoms with Crippen molar-refractivity contribution >= 4 is 39.5 Å². The van der Waals surface area contributed by atoms with E-state index in [9.17, 15) is 9.59 Å². The van der Waals surface area contributed by atoms with Crippen LogP contribution in [0, 0.1) is 0 Å². The Kier molecular flexibility index (Phi) is 6.63. The molecule has 24 heavy (non-hydrogen) atoms. The summed E-state index contributed by atoms with van der Waals surface area (Å²) in [5.74, 6) is -0.438. The summed E-state index contributed by atoms with van der Waals surface area (Å²) in [7, 11) is 0. The molecule has 126 valence electrons. The first kappa shape index (κ1) is 18.3. The van der Waals surface area contributed by atoms with E-state index < -0.39 is 18.0 Å².